The monoisotopic (exact) mass is 431 g/mol. The molecule has 0 radical (unpaired) electrons. The Hall–Kier alpha value is -2.57. The lowest BCUT2D eigenvalue weighted by molar-refractivity contribution is -0.143. The molecule has 0 aromatic heterocycles. The van der Waals surface area contributed by atoms with Gasteiger partial charge >= 0.3 is 6.09 Å². The van der Waals surface area contributed by atoms with E-state index in [9.17, 15) is 14.4 Å². The van der Waals surface area contributed by atoms with Crippen LogP contribution < -0.4 is 10.6 Å². The van der Waals surface area contributed by atoms with E-state index in [1.807, 2.05) is 45.9 Å². The first-order chi connectivity index (χ1) is 14.3. The Bertz CT molecular complexity index is 825. The van der Waals surface area contributed by atoms with Gasteiger partial charge in [-0.1, -0.05) is 18.2 Å². The number of hydrogen-bond acceptors (Lipinski definition) is 4. The number of hydrogen-bond donors (Lipinski definition) is 2. The van der Waals surface area contributed by atoms with Crippen LogP contribution in [0.5, 0.6) is 0 Å². The first-order valence-electron chi connectivity index (χ1n) is 11.0. The number of rotatable bonds is 7. The Morgan fingerprint density at radius 3 is 2.13 bits per heavy atom. The SMILES string of the molecule is Cc1ccc(C(C(=O)NC(C)C)N(C(=O)C(C)NC(=O)OC(C)(C)C)C2CC2)cc1C. The zero-order valence-corrected chi connectivity index (χ0v) is 20.0. The van der Waals surface area contributed by atoms with Crippen LogP contribution in [0.1, 0.15) is 77.1 Å². The number of carbonyl (C=O) groups excluding carboxylic acids is 3. The van der Waals surface area contributed by atoms with Gasteiger partial charge in [-0.15, -0.1) is 0 Å². The summed E-state index contributed by atoms with van der Waals surface area (Å²) in [6.45, 7) is 14.7. The van der Waals surface area contributed by atoms with E-state index >= 15 is 0 Å². The molecule has 7 heteroatoms. The van der Waals surface area contributed by atoms with Crippen molar-refractivity contribution < 1.29 is 19.1 Å². The van der Waals surface area contributed by atoms with E-state index in [-0.39, 0.29) is 23.9 Å². The van der Waals surface area contributed by atoms with E-state index in [1.54, 1.807) is 32.6 Å². The van der Waals surface area contributed by atoms with Crippen LogP contribution in [-0.2, 0) is 14.3 Å². The highest BCUT2D eigenvalue weighted by molar-refractivity contribution is 5.92. The molecule has 2 unspecified atom stereocenters. The molecule has 2 N–H and O–H groups in total. The second-order valence-corrected chi connectivity index (χ2v) is 9.75. The summed E-state index contributed by atoms with van der Waals surface area (Å²) in [5, 5.41) is 5.58. The van der Waals surface area contributed by atoms with E-state index in [4.69, 9.17) is 4.74 Å². The van der Waals surface area contributed by atoms with Crippen LogP contribution in [-0.4, -0.2) is 46.5 Å². The van der Waals surface area contributed by atoms with E-state index in [0.29, 0.717) is 0 Å². The third kappa shape index (κ3) is 6.97. The van der Waals surface area contributed by atoms with Crippen LogP contribution in [0.4, 0.5) is 4.79 Å². The number of benzene rings is 1. The third-order valence-corrected chi connectivity index (χ3v) is 5.10. The number of alkyl carbamates (subject to hydrolysis) is 1. The average molecular weight is 432 g/mol. The lowest BCUT2D eigenvalue weighted by Crippen LogP contribution is -2.53. The van der Waals surface area contributed by atoms with Gasteiger partial charge in [0, 0.05) is 12.1 Å². The first kappa shape index (κ1) is 24.7. The van der Waals surface area contributed by atoms with Crippen LogP contribution in [0.25, 0.3) is 0 Å². The van der Waals surface area contributed by atoms with Gasteiger partial charge in [-0.2, -0.15) is 0 Å². The molecule has 3 amide bonds. The van der Waals surface area contributed by atoms with Crippen molar-refractivity contribution in [2.45, 2.75) is 98.0 Å². The van der Waals surface area contributed by atoms with Crippen molar-refractivity contribution in [2.24, 2.45) is 0 Å². The molecule has 2 rings (SSSR count). The smallest absolute Gasteiger partial charge is 0.408 e. The normalized spacial score (nSPS) is 15.8. The topological polar surface area (TPSA) is 87.7 Å². The molecular weight excluding hydrogens is 394 g/mol. The summed E-state index contributed by atoms with van der Waals surface area (Å²) < 4.78 is 5.29. The van der Waals surface area contributed by atoms with Crippen molar-refractivity contribution in [3.05, 3.63) is 34.9 Å². The van der Waals surface area contributed by atoms with Crippen LogP contribution >= 0.6 is 0 Å². The molecule has 1 aliphatic rings. The van der Waals surface area contributed by atoms with Gasteiger partial charge in [0.25, 0.3) is 0 Å². The number of nitrogens with zero attached hydrogens (tertiary/aromatic N) is 1. The van der Waals surface area contributed by atoms with Gasteiger partial charge in [-0.25, -0.2) is 4.79 Å². The molecule has 2 atom stereocenters. The predicted molar refractivity (Wildman–Crippen MR) is 121 cm³/mol. The Kier molecular flexibility index (Phi) is 7.73. The summed E-state index contributed by atoms with van der Waals surface area (Å²) in [6, 6.07) is 4.17. The third-order valence-electron chi connectivity index (χ3n) is 5.10. The fraction of sp³-hybridized carbons (Fsp3) is 0.625. The number of ether oxygens (including phenoxy) is 1. The summed E-state index contributed by atoms with van der Waals surface area (Å²) in [6.07, 6.45) is 1.01. The molecule has 1 aromatic carbocycles. The van der Waals surface area contributed by atoms with Gasteiger partial charge in [0.2, 0.25) is 11.8 Å². The molecule has 0 bridgehead atoms. The van der Waals surface area contributed by atoms with E-state index < -0.39 is 23.8 Å². The van der Waals surface area contributed by atoms with Gasteiger partial charge < -0.3 is 20.3 Å². The highest BCUT2D eigenvalue weighted by Crippen LogP contribution is 2.36. The van der Waals surface area contributed by atoms with Gasteiger partial charge in [0.15, 0.2) is 0 Å². The molecule has 7 nitrogen and oxygen atoms in total. The molecule has 172 valence electrons. The highest BCUT2D eigenvalue weighted by atomic mass is 16.6. The lowest BCUT2D eigenvalue weighted by atomic mass is 9.98. The standard InChI is InChI=1S/C24H37N3O4/c1-14(2)25-21(28)20(18-10-9-15(3)16(4)13-18)27(19-11-12-19)22(29)17(5)26-23(30)31-24(6,7)8/h9-10,13-14,17,19-20H,11-12H2,1-8H3,(H,25,28)(H,26,30). The number of aryl methyl sites for hydroxylation is 2. The number of amides is 3. The molecule has 1 fully saturated rings. The molecule has 1 aromatic rings. The second kappa shape index (κ2) is 9.71. The summed E-state index contributed by atoms with van der Waals surface area (Å²) >= 11 is 0. The van der Waals surface area contributed by atoms with Crippen molar-refractivity contribution >= 4 is 17.9 Å². The Morgan fingerprint density at radius 2 is 1.65 bits per heavy atom. The maximum absolute atomic E-state index is 13.5. The molecule has 0 heterocycles. The first-order valence-corrected chi connectivity index (χ1v) is 11.0. The van der Waals surface area contributed by atoms with Crippen LogP contribution in [0, 0.1) is 13.8 Å². The Morgan fingerprint density at radius 1 is 1.03 bits per heavy atom. The van der Waals surface area contributed by atoms with E-state index in [1.165, 1.54) is 0 Å². The minimum Gasteiger partial charge on any atom is -0.444 e. The summed E-state index contributed by atoms with van der Waals surface area (Å²) in [7, 11) is 0. The van der Waals surface area contributed by atoms with Crippen molar-refractivity contribution in [1.29, 1.82) is 0 Å². The average Bonchev–Trinajstić information content (AvgIpc) is 3.43. The van der Waals surface area contributed by atoms with Crippen molar-refractivity contribution in [2.75, 3.05) is 0 Å². The van der Waals surface area contributed by atoms with E-state index in [2.05, 4.69) is 10.6 Å². The molecule has 0 aliphatic heterocycles. The Balaban J connectivity index is 2.35. The maximum Gasteiger partial charge on any atom is 0.408 e. The maximum atomic E-state index is 13.5. The second-order valence-electron chi connectivity index (χ2n) is 9.75. The molecule has 1 aliphatic carbocycles. The number of nitrogens with one attached hydrogen (secondary N) is 2. The van der Waals surface area contributed by atoms with Crippen molar-refractivity contribution in [3.63, 3.8) is 0 Å². The van der Waals surface area contributed by atoms with Gasteiger partial charge in [0.1, 0.15) is 17.7 Å². The zero-order valence-electron chi connectivity index (χ0n) is 20.0. The van der Waals surface area contributed by atoms with Gasteiger partial charge in [0.05, 0.1) is 0 Å². The summed E-state index contributed by atoms with van der Waals surface area (Å²) in [5.41, 5.74) is 2.28. The van der Waals surface area contributed by atoms with Crippen LogP contribution in [0.15, 0.2) is 18.2 Å². The minimum absolute atomic E-state index is 0.0279. The summed E-state index contributed by atoms with van der Waals surface area (Å²) in [5.74, 6) is -0.515. The molecule has 0 spiro atoms. The minimum atomic E-state index is -0.823. The molecule has 0 saturated heterocycles. The fourth-order valence-corrected chi connectivity index (χ4v) is 3.38. The zero-order chi connectivity index (χ0) is 23.5. The predicted octanol–water partition coefficient (Wildman–Crippen LogP) is 3.77. The molecular formula is C24H37N3O4. The largest absolute Gasteiger partial charge is 0.444 e. The Labute approximate surface area is 185 Å². The van der Waals surface area contributed by atoms with Crippen LogP contribution in [0.3, 0.4) is 0 Å². The highest BCUT2D eigenvalue weighted by Gasteiger charge is 2.43. The molecule has 1 saturated carbocycles. The van der Waals surface area contributed by atoms with Gasteiger partial charge in [-0.05, 0) is 84.9 Å². The van der Waals surface area contributed by atoms with Crippen molar-refractivity contribution in [1.82, 2.24) is 15.5 Å². The van der Waals surface area contributed by atoms with E-state index in [0.717, 1.165) is 29.5 Å². The fourth-order valence-electron chi connectivity index (χ4n) is 3.38. The number of carbonyl (C=O) groups is 3. The van der Waals surface area contributed by atoms with Gasteiger partial charge in [-0.3, -0.25) is 9.59 Å². The summed E-state index contributed by atoms with van der Waals surface area (Å²) in [4.78, 5) is 40.5. The quantitative estimate of drug-likeness (QED) is 0.688. The lowest BCUT2D eigenvalue weighted by Gasteiger charge is -2.34. The van der Waals surface area contributed by atoms with Crippen LogP contribution in [0.2, 0.25) is 0 Å². The molecule has 31 heavy (non-hydrogen) atoms. The van der Waals surface area contributed by atoms with Crippen molar-refractivity contribution in [3.8, 4) is 0 Å².